The zero-order valence-electron chi connectivity index (χ0n) is 10.9. The number of fused-ring (bicyclic) bond motifs is 3. The Hall–Kier alpha value is -0.670. The van der Waals surface area contributed by atoms with E-state index in [4.69, 9.17) is 0 Å². The zero-order chi connectivity index (χ0) is 12.1. The van der Waals surface area contributed by atoms with Crippen LogP contribution < -0.4 is 4.90 Å². The molecule has 0 N–H and O–H groups in total. The predicted molar refractivity (Wildman–Crippen MR) is 78.2 cm³/mol. The van der Waals surface area contributed by atoms with Gasteiger partial charge in [-0.15, -0.1) is 11.8 Å². The minimum atomic E-state index is 0.871. The lowest BCUT2D eigenvalue weighted by Gasteiger charge is -2.24. The highest BCUT2D eigenvalue weighted by molar-refractivity contribution is 7.99. The van der Waals surface area contributed by atoms with Crippen molar-refractivity contribution in [3.8, 4) is 0 Å². The maximum atomic E-state index is 2.71. The molecule has 1 aromatic carbocycles. The molecule has 2 nitrogen and oxygen atoms in total. The van der Waals surface area contributed by atoms with Crippen molar-refractivity contribution in [1.82, 2.24) is 4.90 Å². The van der Waals surface area contributed by atoms with Gasteiger partial charge in [-0.05, 0) is 30.9 Å². The zero-order valence-corrected chi connectivity index (χ0v) is 11.7. The van der Waals surface area contributed by atoms with Crippen LogP contribution in [-0.4, -0.2) is 42.2 Å². The van der Waals surface area contributed by atoms with Crippen LogP contribution in [-0.2, 0) is 0 Å². The van der Waals surface area contributed by atoms with Crippen LogP contribution in [0.3, 0.4) is 0 Å². The van der Waals surface area contributed by atoms with Gasteiger partial charge in [-0.3, -0.25) is 4.90 Å². The average Bonchev–Trinajstić information content (AvgIpc) is 3.00. The largest absolute Gasteiger partial charge is 0.371 e. The highest BCUT2D eigenvalue weighted by Gasteiger charge is 2.48. The number of thioether (sulfide) groups is 1. The summed E-state index contributed by atoms with van der Waals surface area (Å²) in [5.74, 6) is 4.48. The van der Waals surface area contributed by atoms with Crippen molar-refractivity contribution in [3.05, 3.63) is 29.8 Å². The molecular formula is C15H20N2S. The van der Waals surface area contributed by atoms with E-state index < -0.39 is 0 Å². The fourth-order valence-corrected chi connectivity index (χ4v) is 5.20. The van der Waals surface area contributed by atoms with Crippen molar-refractivity contribution in [3.63, 3.8) is 0 Å². The lowest BCUT2D eigenvalue weighted by atomic mass is 9.95. The quantitative estimate of drug-likeness (QED) is 0.766. The number of rotatable bonds is 1. The van der Waals surface area contributed by atoms with E-state index in [-0.39, 0.29) is 0 Å². The minimum absolute atomic E-state index is 0.871. The summed E-state index contributed by atoms with van der Waals surface area (Å²) in [6, 6.07) is 9.92. The fourth-order valence-electron chi connectivity index (χ4n) is 3.87. The first-order valence-corrected chi connectivity index (χ1v) is 8.10. The Kier molecular flexibility index (Phi) is 2.59. The van der Waals surface area contributed by atoms with Gasteiger partial charge in [0.1, 0.15) is 0 Å². The third-order valence-electron chi connectivity index (χ3n) is 4.87. The van der Waals surface area contributed by atoms with E-state index in [2.05, 4.69) is 52.8 Å². The molecule has 96 valence electrons. The number of hydrogen-bond acceptors (Lipinski definition) is 3. The van der Waals surface area contributed by atoms with Crippen LogP contribution in [0.5, 0.6) is 0 Å². The highest BCUT2D eigenvalue weighted by atomic mass is 32.2. The van der Waals surface area contributed by atoms with E-state index in [0.717, 1.165) is 17.9 Å². The maximum absolute atomic E-state index is 2.71. The van der Waals surface area contributed by atoms with Crippen LogP contribution in [0, 0.1) is 18.8 Å². The van der Waals surface area contributed by atoms with Gasteiger partial charge in [0.2, 0.25) is 0 Å². The molecule has 3 heteroatoms. The van der Waals surface area contributed by atoms with E-state index in [9.17, 15) is 0 Å². The standard InChI is InChI=1S/C15H20N2S/c1-11-2-4-13(5-3-11)16-6-12-7-17-10-18-9-15(17)14(12)8-16/h2-5,12,14-15H,6-10H2,1H3/t12?,14-,15-/m1/s1. The molecule has 3 saturated heterocycles. The third kappa shape index (κ3) is 1.68. The number of aryl methyl sites for hydroxylation is 1. The summed E-state index contributed by atoms with van der Waals surface area (Å²) in [6.07, 6.45) is 0. The first-order chi connectivity index (χ1) is 8.81. The van der Waals surface area contributed by atoms with Gasteiger partial charge in [-0.1, -0.05) is 17.7 Å². The Balaban J connectivity index is 1.53. The second kappa shape index (κ2) is 4.17. The Morgan fingerprint density at radius 2 is 1.94 bits per heavy atom. The summed E-state index contributed by atoms with van der Waals surface area (Å²) in [5, 5.41) is 0. The first kappa shape index (κ1) is 11.2. The molecule has 3 heterocycles. The molecule has 1 unspecified atom stereocenters. The van der Waals surface area contributed by atoms with Crippen molar-refractivity contribution in [2.75, 3.05) is 36.2 Å². The molecule has 0 aromatic heterocycles. The molecule has 3 atom stereocenters. The molecule has 0 saturated carbocycles. The molecule has 0 amide bonds. The van der Waals surface area contributed by atoms with Gasteiger partial charge in [-0.25, -0.2) is 0 Å². The van der Waals surface area contributed by atoms with Crippen molar-refractivity contribution in [2.24, 2.45) is 11.8 Å². The Morgan fingerprint density at radius 1 is 1.11 bits per heavy atom. The van der Waals surface area contributed by atoms with E-state index in [0.29, 0.717) is 0 Å². The van der Waals surface area contributed by atoms with Gasteiger partial charge < -0.3 is 4.90 Å². The van der Waals surface area contributed by atoms with Gasteiger partial charge in [0, 0.05) is 43.0 Å². The molecule has 0 radical (unpaired) electrons. The summed E-state index contributed by atoms with van der Waals surface area (Å²) >= 11 is 2.12. The average molecular weight is 260 g/mol. The van der Waals surface area contributed by atoms with Crippen LogP contribution in [0.1, 0.15) is 5.56 Å². The summed E-state index contributed by atoms with van der Waals surface area (Å²) in [7, 11) is 0. The second-order valence-corrected chi connectivity index (χ2v) is 7.00. The topological polar surface area (TPSA) is 6.48 Å². The normalized spacial score (nSPS) is 34.9. The second-order valence-electron chi connectivity index (χ2n) is 6.00. The molecule has 0 spiro atoms. The third-order valence-corrected chi connectivity index (χ3v) is 5.96. The number of hydrogen-bond donors (Lipinski definition) is 0. The van der Waals surface area contributed by atoms with Crippen LogP contribution >= 0.6 is 11.8 Å². The van der Waals surface area contributed by atoms with Gasteiger partial charge in [0.15, 0.2) is 0 Å². The summed E-state index contributed by atoms with van der Waals surface area (Å²) in [6.45, 7) is 6.04. The van der Waals surface area contributed by atoms with Crippen LogP contribution in [0.15, 0.2) is 24.3 Å². The van der Waals surface area contributed by atoms with E-state index >= 15 is 0 Å². The maximum Gasteiger partial charge on any atom is 0.0448 e. The number of nitrogens with zero attached hydrogens (tertiary/aromatic N) is 2. The fraction of sp³-hybridized carbons (Fsp3) is 0.600. The van der Waals surface area contributed by atoms with Gasteiger partial charge in [0.05, 0.1) is 0 Å². The molecule has 4 rings (SSSR count). The summed E-state index contributed by atoms with van der Waals surface area (Å²) < 4.78 is 0. The van der Waals surface area contributed by atoms with Crippen LogP contribution in [0.4, 0.5) is 5.69 Å². The van der Waals surface area contributed by atoms with Crippen LogP contribution in [0.25, 0.3) is 0 Å². The molecule has 0 bridgehead atoms. The predicted octanol–water partition coefficient (Wildman–Crippen LogP) is 2.44. The Bertz CT molecular complexity index is 444. The summed E-state index contributed by atoms with van der Waals surface area (Å²) in [4.78, 5) is 5.32. The van der Waals surface area contributed by atoms with Gasteiger partial charge in [0.25, 0.3) is 0 Å². The monoisotopic (exact) mass is 260 g/mol. The van der Waals surface area contributed by atoms with E-state index in [1.54, 1.807) is 0 Å². The van der Waals surface area contributed by atoms with Crippen molar-refractivity contribution < 1.29 is 0 Å². The molecule has 3 aliphatic heterocycles. The SMILES string of the molecule is Cc1ccc(N2CC3CN4CSC[C@@H]4[C@@H]3C2)cc1. The smallest absolute Gasteiger partial charge is 0.0448 e. The Morgan fingerprint density at radius 3 is 2.78 bits per heavy atom. The molecule has 0 aliphatic carbocycles. The highest BCUT2D eigenvalue weighted by Crippen LogP contribution is 2.42. The molecule has 18 heavy (non-hydrogen) atoms. The van der Waals surface area contributed by atoms with Crippen molar-refractivity contribution >= 4 is 17.4 Å². The first-order valence-electron chi connectivity index (χ1n) is 6.95. The lowest BCUT2D eigenvalue weighted by Crippen LogP contribution is -2.33. The van der Waals surface area contributed by atoms with E-state index in [1.807, 2.05) is 0 Å². The molecule has 1 aromatic rings. The number of anilines is 1. The Labute approximate surface area is 113 Å². The van der Waals surface area contributed by atoms with Crippen LogP contribution in [0.2, 0.25) is 0 Å². The van der Waals surface area contributed by atoms with Crippen molar-refractivity contribution in [1.29, 1.82) is 0 Å². The van der Waals surface area contributed by atoms with E-state index in [1.165, 1.54) is 42.5 Å². The minimum Gasteiger partial charge on any atom is -0.371 e. The molecule has 3 aliphatic rings. The van der Waals surface area contributed by atoms with Gasteiger partial charge in [-0.2, -0.15) is 0 Å². The summed E-state index contributed by atoms with van der Waals surface area (Å²) in [5.41, 5.74) is 2.78. The van der Waals surface area contributed by atoms with Crippen molar-refractivity contribution in [2.45, 2.75) is 13.0 Å². The number of benzene rings is 1. The molecular weight excluding hydrogens is 240 g/mol. The molecule has 3 fully saturated rings. The lowest BCUT2D eigenvalue weighted by molar-refractivity contribution is 0.304. The van der Waals surface area contributed by atoms with Gasteiger partial charge >= 0.3 is 0 Å².